The Kier molecular flexibility index (Phi) is 7.23. The van der Waals surface area contributed by atoms with E-state index in [1.54, 1.807) is 0 Å². The van der Waals surface area contributed by atoms with Gasteiger partial charge in [0.05, 0.1) is 0 Å². The fraction of sp³-hybridized carbons (Fsp3) is 0.0250. The minimum atomic E-state index is 0.645. The third-order valence-electron chi connectivity index (χ3n) is 7.81. The van der Waals surface area contributed by atoms with Crippen molar-refractivity contribution >= 4 is 22.5 Å². The van der Waals surface area contributed by atoms with Crippen LogP contribution in [0.4, 0.5) is 5.69 Å². The maximum Gasteiger partial charge on any atom is 0.164 e. The van der Waals surface area contributed by atoms with Crippen molar-refractivity contribution in [1.82, 2.24) is 15.0 Å². The quantitative estimate of drug-likeness (QED) is 0.203. The van der Waals surface area contributed by atoms with Gasteiger partial charge in [-0.25, -0.2) is 15.0 Å². The molecular formula is C40H30N4. The van der Waals surface area contributed by atoms with Crippen LogP contribution in [0.2, 0.25) is 0 Å². The first-order chi connectivity index (χ1) is 21.7. The van der Waals surface area contributed by atoms with Crippen molar-refractivity contribution in [3.05, 3.63) is 151 Å². The Labute approximate surface area is 257 Å². The number of fused-ring (bicyclic) bond motifs is 1. The zero-order valence-corrected chi connectivity index (χ0v) is 24.4. The molecule has 0 aliphatic heterocycles. The van der Waals surface area contributed by atoms with E-state index in [2.05, 4.69) is 66.7 Å². The monoisotopic (exact) mass is 566 g/mol. The van der Waals surface area contributed by atoms with Crippen LogP contribution in [0.5, 0.6) is 0 Å². The number of nitrogen functional groups attached to an aromatic ring is 1. The SMILES string of the molecule is C/C=C\c1cccc(-c2ccc(-c3ccc4ccc(-c5nc(-c6ccccc6)nc(-c6ccccc6)n5)cc4c3)cc2)c1N. The average molecular weight is 567 g/mol. The lowest BCUT2D eigenvalue weighted by Gasteiger charge is -2.11. The highest BCUT2D eigenvalue weighted by Gasteiger charge is 2.13. The van der Waals surface area contributed by atoms with Gasteiger partial charge in [-0.15, -0.1) is 0 Å². The van der Waals surface area contributed by atoms with Crippen molar-refractivity contribution in [2.45, 2.75) is 6.92 Å². The number of nitrogens with two attached hydrogens (primary N) is 1. The predicted molar refractivity (Wildman–Crippen MR) is 184 cm³/mol. The second-order valence-electron chi connectivity index (χ2n) is 10.7. The number of rotatable bonds is 6. The second kappa shape index (κ2) is 11.8. The molecule has 0 saturated heterocycles. The number of aromatic nitrogens is 3. The van der Waals surface area contributed by atoms with Crippen LogP contribution in [0.3, 0.4) is 0 Å². The molecule has 0 atom stereocenters. The van der Waals surface area contributed by atoms with Crippen LogP contribution in [0.1, 0.15) is 12.5 Å². The molecule has 0 aliphatic rings. The highest BCUT2D eigenvalue weighted by atomic mass is 15.0. The van der Waals surface area contributed by atoms with Gasteiger partial charge in [-0.2, -0.15) is 0 Å². The number of hydrogen-bond acceptors (Lipinski definition) is 4. The number of anilines is 1. The van der Waals surface area contributed by atoms with Crippen LogP contribution in [0, 0.1) is 0 Å². The lowest BCUT2D eigenvalue weighted by Crippen LogP contribution is -2.00. The van der Waals surface area contributed by atoms with E-state index in [4.69, 9.17) is 20.7 Å². The Balaban J connectivity index is 1.26. The lowest BCUT2D eigenvalue weighted by molar-refractivity contribution is 1.07. The molecule has 0 radical (unpaired) electrons. The van der Waals surface area contributed by atoms with Gasteiger partial charge >= 0.3 is 0 Å². The Bertz CT molecular complexity index is 2060. The van der Waals surface area contributed by atoms with Crippen LogP contribution < -0.4 is 5.73 Å². The normalized spacial score (nSPS) is 11.3. The molecule has 0 fully saturated rings. The molecule has 1 aromatic heterocycles. The van der Waals surface area contributed by atoms with E-state index in [1.807, 2.05) is 91.9 Å². The number of benzene rings is 6. The molecule has 7 rings (SSSR count). The number of nitrogens with zero attached hydrogens (tertiary/aromatic N) is 3. The van der Waals surface area contributed by atoms with Gasteiger partial charge in [0.25, 0.3) is 0 Å². The molecule has 2 N–H and O–H groups in total. The van der Waals surface area contributed by atoms with Gasteiger partial charge in [0, 0.05) is 27.9 Å². The Morgan fingerprint density at radius 3 is 1.59 bits per heavy atom. The van der Waals surface area contributed by atoms with Crippen LogP contribution in [0.25, 0.3) is 73.3 Å². The summed E-state index contributed by atoms with van der Waals surface area (Å²) in [7, 11) is 0. The third-order valence-corrected chi connectivity index (χ3v) is 7.81. The van der Waals surface area contributed by atoms with Crippen LogP contribution in [0.15, 0.2) is 146 Å². The van der Waals surface area contributed by atoms with Gasteiger partial charge in [0.2, 0.25) is 0 Å². The fourth-order valence-corrected chi connectivity index (χ4v) is 5.50. The highest BCUT2D eigenvalue weighted by molar-refractivity contribution is 5.91. The minimum absolute atomic E-state index is 0.645. The summed E-state index contributed by atoms with van der Waals surface area (Å²) < 4.78 is 0. The first kappa shape index (κ1) is 27.0. The van der Waals surface area contributed by atoms with Crippen LogP contribution >= 0.6 is 0 Å². The standard InChI is InChI=1S/C40H30N4/c1-2-10-30-15-9-16-36(37(30)41)29-21-17-27(18-22-29)33-23-19-28-20-24-34(26-35(28)25-33)40-43-38(31-11-5-3-6-12-31)42-39(44-40)32-13-7-4-8-14-32/h2-26H,41H2,1H3/b10-2-. The van der Waals surface area contributed by atoms with Crippen molar-refractivity contribution in [2.24, 2.45) is 0 Å². The van der Waals surface area contributed by atoms with Crippen molar-refractivity contribution in [1.29, 1.82) is 0 Å². The molecule has 0 bridgehead atoms. The molecule has 210 valence electrons. The molecule has 0 unspecified atom stereocenters. The Hall–Kier alpha value is -5.87. The van der Waals surface area contributed by atoms with Gasteiger partial charge in [-0.05, 0) is 52.1 Å². The molecule has 0 saturated carbocycles. The highest BCUT2D eigenvalue weighted by Crippen LogP contribution is 2.33. The summed E-state index contributed by atoms with van der Waals surface area (Å²) in [5, 5.41) is 2.28. The summed E-state index contributed by atoms with van der Waals surface area (Å²) in [4.78, 5) is 14.7. The first-order valence-corrected chi connectivity index (χ1v) is 14.7. The molecule has 4 nitrogen and oxygen atoms in total. The van der Waals surface area contributed by atoms with Crippen molar-refractivity contribution in [3.63, 3.8) is 0 Å². The summed E-state index contributed by atoms with van der Waals surface area (Å²) in [5.74, 6) is 1.95. The van der Waals surface area contributed by atoms with Gasteiger partial charge in [-0.1, -0.05) is 140 Å². The van der Waals surface area contributed by atoms with Crippen LogP contribution in [-0.4, -0.2) is 15.0 Å². The summed E-state index contributed by atoms with van der Waals surface area (Å²) in [5.41, 5.74) is 15.6. The Morgan fingerprint density at radius 2 is 0.977 bits per heavy atom. The lowest BCUT2D eigenvalue weighted by atomic mass is 9.96. The van der Waals surface area contributed by atoms with E-state index in [-0.39, 0.29) is 0 Å². The molecule has 44 heavy (non-hydrogen) atoms. The summed E-state index contributed by atoms with van der Waals surface area (Å²) in [6.45, 7) is 2.00. The molecular weight excluding hydrogens is 536 g/mol. The molecule has 1 heterocycles. The summed E-state index contributed by atoms with van der Waals surface area (Å²) in [6.07, 6.45) is 4.05. The summed E-state index contributed by atoms with van der Waals surface area (Å²) in [6, 6.07) is 47.8. The maximum absolute atomic E-state index is 6.49. The zero-order valence-electron chi connectivity index (χ0n) is 24.4. The first-order valence-electron chi connectivity index (χ1n) is 14.7. The topological polar surface area (TPSA) is 64.7 Å². The van der Waals surface area contributed by atoms with Gasteiger partial charge in [0.1, 0.15) is 0 Å². The Morgan fingerprint density at radius 1 is 0.455 bits per heavy atom. The minimum Gasteiger partial charge on any atom is -0.398 e. The van der Waals surface area contributed by atoms with Crippen LogP contribution in [-0.2, 0) is 0 Å². The van der Waals surface area contributed by atoms with E-state index >= 15 is 0 Å². The molecule has 4 heteroatoms. The van der Waals surface area contributed by atoms with Crippen molar-refractivity contribution in [3.8, 4) is 56.4 Å². The van der Waals surface area contributed by atoms with Crippen molar-refractivity contribution < 1.29 is 0 Å². The average Bonchev–Trinajstić information content (AvgIpc) is 3.09. The van der Waals surface area contributed by atoms with E-state index in [0.29, 0.717) is 17.5 Å². The third kappa shape index (κ3) is 5.37. The second-order valence-corrected chi connectivity index (χ2v) is 10.7. The fourth-order valence-electron chi connectivity index (χ4n) is 5.50. The largest absolute Gasteiger partial charge is 0.398 e. The zero-order chi connectivity index (χ0) is 29.9. The van der Waals surface area contributed by atoms with Crippen molar-refractivity contribution in [2.75, 3.05) is 5.73 Å². The smallest absolute Gasteiger partial charge is 0.164 e. The van der Waals surface area contributed by atoms with Gasteiger partial charge in [-0.3, -0.25) is 0 Å². The summed E-state index contributed by atoms with van der Waals surface area (Å²) >= 11 is 0. The predicted octanol–water partition coefficient (Wildman–Crippen LogP) is 9.98. The molecule has 6 aromatic carbocycles. The van der Waals surface area contributed by atoms with Gasteiger partial charge < -0.3 is 5.73 Å². The van der Waals surface area contributed by atoms with E-state index in [9.17, 15) is 0 Å². The molecule has 7 aromatic rings. The van der Waals surface area contributed by atoms with E-state index in [1.165, 1.54) is 0 Å². The van der Waals surface area contributed by atoms with E-state index in [0.717, 1.165) is 61.0 Å². The number of allylic oxidation sites excluding steroid dienone is 1. The number of hydrogen-bond donors (Lipinski definition) is 1. The number of para-hydroxylation sites is 1. The van der Waals surface area contributed by atoms with Gasteiger partial charge in [0.15, 0.2) is 17.5 Å². The van der Waals surface area contributed by atoms with E-state index < -0.39 is 0 Å². The molecule has 0 aliphatic carbocycles. The maximum atomic E-state index is 6.49. The molecule has 0 amide bonds. The molecule has 0 spiro atoms.